The summed E-state index contributed by atoms with van der Waals surface area (Å²) in [5.74, 6) is 0.420. The van der Waals surface area contributed by atoms with Crippen LogP contribution in [0.5, 0.6) is 0 Å². The second kappa shape index (κ2) is 7.92. The lowest BCUT2D eigenvalue weighted by Crippen LogP contribution is -2.29. The van der Waals surface area contributed by atoms with E-state index < -0.39 is 0 Å². The Labute approximate surface area is 160 Å². The van der Waals surface area contributed by atoms with E-state index in [1.54, 1.807) is 29.8 Å². The van der Waals surface area contributed by atoms with Crippen molar-refractivity contribution in [2.24, 2.45) is 0 Å². The second-order valence-electron chi connectivity index (χ2n) is 5.80. The Hall–Kier alpha value is -3.32. The van der Waals surface area contributed by atoms with Crippen LogP contribution in [0, 0.1) is 0 Å². The van der Waals surface area contributed by atoms with Gasteiger partial charge in [0, 0.05) is 30.9 Å². The predicted octanol–water partition coefficient (Wildman–Crippen LogP) is 3.60. The molecule has 0 spiro atoms. The fraction of sp³-hybridized carbons (Fsp3) is 0.100. The van der Waals surface area contributed by atoms with Gasteiger partial charge in [-0.2, -0.15) is 0 Å². The summed E-state index contributed by atoms with van der Waals surface area (Å²) in [6.07, 6.45) is 3.34. The fourth-order valence-corrected chi connectivity index (χ4v) is 3.44. The first-order valence-corrected chi connectivity index (χ1v) is 9.42. The Morgan fingerprint density at radius 2 is 1.85 bits per heavy atom. The molecule has 0 aliphatic heterocycles. The number of hydrogen-bond donors (Lipinski definition) is 2. The third-order valence-corrected chi connectivity index (χ3v) is 4.89. The molecule has 7 heteroatoms. The summed E-state index contributed by atoms with van der Waals surface area (Å²) < 4.78 is 0. The van der Waals surface area contributed by atoms with Crippen molar-refractivity contribution in [1.82, 2.24) is 20.3 Å². The summed E-state index contributed by atoms with van der Waals surface area (Å²) in [6.45, 7) is 0.999. The molecular formula is C20H17N5OS. The van der Waals surface area contributed by atoms with Crippen molar-refractivity contribution in [3.8, 4) is 10.6 Å². The van der Waals surface area contributed by atoms with Crippen molar-refractivity contribution in [2.75, 3.05) is 18.4 Å². The zero-order valence-electron chi connectivity index (χ0n) is 14.4. The van der Waals surface area contributed by atoms with Gasteiger partial charge in [-0.05, 0) is 29.6 Å². The maximum absolute atomic E-state index is 12.8. The minimum absolute atomic E-state index is 0.123. The molecule has 4 rings (SSSR count). The Balaban J connectivity index is 1.52. The van der Waals surface area contributed by atoms with Gasteiger partial charge in [-0.3, -0.25) is 4.79 Å². The summed E-state index contributed by atoms with van der Waals surface area (Å²) in [5.41, 5.74) is 2.24. The van der Waals surface area contributed by atoms with Crippen molar-refractivity contribution in [1.29, 1.82) is 0 Å². The third kappa shape index (κ3) is 3.93. The highest BCUT2D eigenvalue weighted by atomic mass is 32.1. The molecule has 3 heterocycles. The highest BCUT2D eigenvalue weighted by Crippen LogP contribution is 2.27. The first kappa shape index (κ1) is 17.1. The molecule has 0 radical (unpaired) electrons. The first-order valence-electron chi connectivity index (χ1n) is 8.54. The van der Waals surface area contributed by atoms with Crippen LogP contribution in [-0.2, 0) is 0 Å². The van der Waals surface area contributed by atoms with Crippen LogP contribution in [0.2, 0.25) is 0 Å². The van der Waals surface area contributed by atoms with Crippen LogP contribution in [-0.4, -0.2) is 33.9 Å². The van der Waals surface area contributed by atoms with Crippen LogP contribution in [0.1, 0.15) is 10.4 Å². The van der Waals surface area contributed by atoms with Gasteiger partial charge in [-0.25, -0.2) is 15.0 Å². The Bertz CT molecular complexity index is 1050. The van der Waals surface area contributed by atoms with E-state index in [1.807, 2.05) is 47.8 Å². The van der Waals surface area contributed by atoms with E-state index in [2.05, 4.69) is 20.6 Å². The normalized spacial score (nSPS) is 10.7. The van der Waals surface area contributed by atoms with Gasteiger partial charge in [0.05, 0.1) is 21.7 Å². The molecule has 2 N–H and O–H groups in total. The average molecular weight is 375 g/mol. The predicted molar refractivity (Wildman–Crippen MR) is 108 cm³/mol. The molecule has 6 nitrogen and oxygen atoms in total. The molecule has 0 atom stereocenters. The quantitative estimate of drug-likeness (QED) is 0.504. The van der Waals surface area contributed by atoms with Crippen molar-refractivity contribution in [3.05, 3.63) is 71.9 Å². The largest absolute Gasteiger partial charge is 0.352 e. The van der Waals surface area contributed by atoms with Gasteiger partial charge >= 0.3 is 0 Å². The van der Waals surface area contributed by atoms with Crippen LogP contribution >= 0.6 is 11.3 Å². The van der Waals surface area contributed by atoms with Gasteiger partial charge in [-0.1, -0.05) is 24.3 Å². The van der Waals surface area contributed by atoms with E-state index in [-0.39, 0.29) is 5.91 Å². The molecule has 3 aromatic heterocycles. The molecule has 0 fully saturated rings. The lowest BCUT2D eigenvalue weighted by Gasteiger charge is -2.10. The maximum Gasteiger partial charge on any atom is 0.252 e. The van der Waals surface area contributed by atoms with E-state index in [0.717, 1.165) is 21.5 Å². The molecule has 27 heavy (non-hydrogen) atoms. The number of carbonyl (C=O) groups excluding carboxylic acids is 1. The molecular weight excluding hydrogens is 358 g/mol. The molecule has 1 amide bonds. The highest BCUT2D eigenvalue weighted by Gasteiger charge is 2.14. The number of thiophene rings is 1. The van der Waals surface area contributed by atoms with Crippen LogP contribution < -0.4 is 10.6 Å². The minimum atomic E-state index is -0.123. The van der Waals surface area contributed by atoms with Crippen molar-refractivity contribution in [3.63, 3.8) is 0 Å². The third-order valence-electron chi connectivity index (χ3n) is 3.99. The van der Waals surface area contributed by atoms with E-state index in [9.17, 15) is 4.79 Å². The number of para-hydroxylation sites is 1. The molecule has 1 aromatic carbocycles. The number of fused-ring (bicyclic) bond motifs is 1. The van der Waals surface area contributed by atoms with Crippen molar-refractivity contribution < 1.29 is 4.79 Å². The summed E-state index contributed by atoms with van der Waals surface area (Å²) in [6, 6.07) is 15.3. The van der Waals surface area contributed by atoms with Gasteiger partial charge in [0.25, 0.3) is 5.91 Å². The number of carbonyl (C=O) groups is 1. The highest BCUT2D eigenvalue weighted by molar-refractivity contribution is 7.13. The Morgan fingerprint density at radius 1 is 1.00 bits per heavy atom. The monoisotopic (exact) mass is 375 g/mol. The van der Waals surface area contributed by atoms with Crippen molar-refractivity contribution >= 4 is 34.1 Å². The number of nitrogens with one attached hydrogen (secondary N) is 2. The van der Waals surface area contributed by atoms with Crippen LogP contribution in [0.25, 0.3) is 21.5 Å². The van der Waals surface area contributed by atoms with E-state index in [1.165, 1.54) is 0 Å². The van der Waals surface area contributed by atoms with Gasteiger partial charge < -0.3 is 10.6 Å². The first-order chi connectivity index (χ1) is 13.3. The number of aromatic nitrogens is 3. The Kier molecular flexibility index (Phi) is 5.02. The van der Waals surface area contributed by atoms with Gasteiger partial charge in [0.2, 0.25) is 5.95 Å². The fourth-order valence-electron chi connectivity index (χ4n) is 2.75. The van der Waals surface area contributed by atoms with Crippen molar-refractivity contribution in [2.45, 2.75) is 0 Å². The van der Waals surface area contributed by atoms with E-state index in [4.69, 9.17) is 4.98 Å². The summed E-state index contributed by atoms with van der Waals surface area (Å²) in [4.78, 5) is 26.7. The lowest BCUT2D eigenvalue weighted by molar-refractivity contribution is 0.0957. The van der Waals surface area contributed by atoms with Crippen LogP contribution in [0.15, 0.2) is 66.3 Å². The van der Waals surface area contributed by atoms with E-state index in [0.29, 0.717) is 24.6 Å². The number of nitrogens with zero attached hydrogens (tertiary/aromatic N) is 3. The topological polar surface area (TPSA) is 79.8 Å². The van der Waals surface area contributed by atoms with Crippen LogP contribution in [0.4, 0.5) is 5.95 Å². The smallest absolute Gasteiger partial charge is 0.252 e. The number of rotatable bonds is 6. The van der Waals surface area contributed by atoms with Gasteiger partial charge in [0.1, 0.15) is 0 Å². The molecule has 4 aromatic rings. The number of amides is 1. The SMILES string of the molecule is O=C(NCCNc1ncccn1)c1cc(-c2cccs2)nc2ccccc12. The average Bonchev–Trinajstić information content (AvgIpc) is 3.26. The number of hydrogen-bond acceptors (Lipinski definition) is 6. The minimum Gasteiger partial charge on any atom is -0.352 e. The summed E-state index contributed by atoms with van der Waals surface area (Å²) >= 11 is 1.61. The van der Waals surface area contributed by atoms with Gasteiger partial charge in [0.15, 0.2) is 0 Å². The Morgan fingerprint density at radius 3 is 2.67 bits per heavy atom. The molecule has 134 valence electrons. The molecule has 0 saturated carbocycles. The summed E-state index contributed by atoms with van der Waals surface area (Å²) in [5, 5.41) is 8.87. The number of anilines is 1. The van der Waals surface area contributed by atoms with E-state index >= 15 is 0 Å². The number of pyridine rings is 1. The second-order valence-corrected chi connectivity index (χ2v) is 6.75. The molecule has 0 bridgehead atoms. The lowest BCUT2D eigenvalue weighted by atomic mass is 10.1. The number of benzene rings is 1. The van der Waals surface area contributed by atoms with Gasteiger partial charge in [-0.15, -0.1) is 11.3 Å². The standard InChI is InChI=1S/C20H17N5OS/c26-19(21-10-11-24-20-22-8-4-9-23-20)15-13-17(18-7-3-12-27-18)25-16-6-2-1-5-14(15)16/h1-9,12-13H,10-11H2,(H,21,26)(H,22,23,24). The molecule has 0 unspecified atom stereocenters. The maximum atomic E-state index is 12.8. The summed E-state index contributed by atoms with van der Waals surface area (Å²) in [7, 11) is 0. The molecule has 0 aliphatic rings. The zero-order valence-corrected chi connectivity index (χ0v) is 15.2. The molecule has 0 aliphatic carbocycles. The van der Waals surface area contributed by atoms with Crippen LogP contribution in [0.3, 0.4) is 0 Å². The molecule has 0 saturated heterocycles. The zero-order chi connectivity index (χ0) is 18.5.